The van der Waals surface area contributed by atoms with E-state index in [0.29, 0.717) is 6.54 Å². The van der Waals surface area contributed by atoms with Gasteiger partial charge >= 0.3 is 5.97 Å². The second-order valence-corrected chi connectivity index (χ2v) is 3.87. The molecule has 1 saturated heterocycles. The molecule has 1 unspecified atom stereocenters. The minimum atomic E-state index is -0.941. The fourth-order valence-electron chi connectivity index (χ4n) is 1.71. The Morgan fingerprint density at radius 1 is 1.59 bits per heavy atom. The number of carbonyl (C=O) groups excluding carboxylic acids is 1. The van der Waals surface area contributed by atoms with Gasteiger partial charge in [-0.1, -0.05) is 6.07 Å². The normalized spacial score (nSPS) is 20.4. The molecule has 6 nitrogen and oxygen atoms in total. The lowest BCUT2D eigenvalue weighted by atomic mass is 10.2. The molecule has 1 aliphatic rings. The molecule has 0 saturated carbocycles. The van der Waals surface area contributed by atoms with Crippen LogP contribution in [0.4, 0.5) is 0 Å². The number of hydrogen-bond acceptors (Lipinski definition) is 4. The molecule has 6 heteroatoms. The first-order valence-corrected chi connectivity index (χ1v) is 5.30. The van der Waals surface area contributed by atoms with Gasteiger partial charge in [0, 0.05) is 12.7 Å². The number of piperazine rings is 1. The molecule has 1 fully saturated rings. The van der Waals surface area contributed by atoms with E-state index in [1.807, 2.05) is 12.1 Å². The van der Waals surface area contributed by atoms with Crippen LogP contribution in [0.5, 0.6) is 0 Å². The maximum absolute atomic E-state index is 11.6. The minimum Gasteiger partial charge on any atom is -0.480 e. The van der Waals surface area contributed by atoms with Gasteiger partial charge in [-0.05, 0) is 12.1 Å². The highest BCUT2D eigenvalue weighted by Crippen LogP contribution is 2.06. The van der Waals surface area contributed by atoms with Gasteiger partial charge in [-0.15, -0.1) is 0 Å². The zero-order valence-electron chi connectivity index (χ0n) is 9.17. The lowest BCUT2D eigenvalue weighted by Gasteiger charge is -2.31. The van der Waals surface area contributed by atoms with Crippen LogP contribution in [-0.2, 0) is 16.1 Å². The van der Waals surface area contributed by atoms with Gasteiger partial charge in [0.2, 0.25) is 5.91 Å². The molecule has 0 aliphatic carbocycles. The van der Waals surface area contributed by atoms with Crippen LogP contribution in [0.2, 0.25) is 0 Å². The van der Waals surface area contributed by atoms with Crippen LogP contribution in [0.15, 0.2) is 24.4 Å². The number of nitrogens with one attached hydrogen (secondary N) is 1. The Bertz CT molecular complexity index is 421. The van der Waals surface area contributed by atoms with E-state index in [0.717, 1.165) is 5.69 Å². The van der Waals surface area contributed by atoms with Gasteiger partial charge in [-0.2, -0.15) is 0 Å². The maximum atomic E-state index is 11.6. The summed E-state index contributed by atoms with van der Waals surface area (Å²) in [5, 5.41) is 11.6. The van der Waals surface area contributed by atoms with Gasteiger partial charge in [0.05, 0.1) is 18.8 Å². The number of pyridine rings is 1. The van der Waals surface area contributed by atoms with Gasteiger partial charge in [-0.3, -0.25) is 19.9 Å². The van der Waals surface area contributed by atoms with Gasteiger partial charge in [0.1, 0.15) is 6.04 Å². The highest BCUT2D eigenvalue weighted by Gasteiger charge is 2.29. The van der Waals surface area contributed by atoms with E-state index in [4.69, 9.17) is 5.11 Å². The van der Waals surface area contributed by atoms with Gasteiger partial charge in [-0.25, -0.2) is 0 Å². The predicted octanol–water partition coefficient (Wildman–Crippen LogP) is -0.533. The van der Waals surface area contributed by atoms with Crippen molar-refractivity contribution >= 4 is 11.9 Å². The standard InChI is InChI=1S/C11H13N3O3/c15-10-5-13-9(11(16)17)7-14(10)6-8-3-1-2-4-12-8/h1-4,9,13H,5-7H2,(H,16,17). The topological polar surface area (TPSA) is 82.5 Å². The number of rotatable bonds is 3. The van der Waals surface area contributed by atoms with Crippen molar-refractivity contribution < 1.29 is 14.7 Å². The third-order valence-electron chi connectivity index (χ3n) is 2.63. The molecular weight excluding hydrogens is 222 g/mol. The summed E-state index contributed by atoms with van der Waals surface area (Å²) in [6.45, 7) is 0.583. The summed E-state index contributed by atoms with van der Waals surface area (Å²) >= 11 is 0. The first-order valence-electron chi connectivity index (χ1n) is 5.30. The van der Waals surface area contributed by atoms with Crippen molar-refractivity contribution in [3.8, 4) is 0 Å². The number of aliphatic carboxylic acids is 1. The predicted molar refractivity (Wildman–Crippen MR) is 59.1 cm³/mol. The number of hydrogen-bond donors (Lipinski definition) is 2. The lowest BCUT2D eigenvalue weighted by molar-refractivity contribution is -0.144. The van der Waals surface area contributed by atoms with E-state index in [2.05, 4.69) is 10.3 Å². The van der Waals surface area contributed by atoms with Gasteiger partial charge < -0.3 is 10.0 Å². The molecule has 0 radical (unpaired) electrons. The molecule has 0 bridgehead atoms. The summed E-state index contributed by atoms with van der Waals surface area (Å²) in [5.41, 5.74) is 0.756. The highest BCUT2D eigenvalue weighted by molar-refractivity contribution is 5.83. The van der Waals surface area contributed by atoms with E-state index in [1.54, 1.807) is 12.3 Å². The SMILES string of the molecule is O=C(O)C1CN(Cc2ccccn2)C(=O)CN1. The summed E-state index contributed by atoms with van der Waals surface area (Å²) in [6.07, 6.45) is 1.65. The summed E-state index contributed by atoms with van der Waals surface area (Å²) in [5.74, 6) is -1.04. The molecule has 1 atom stereocenters. The van der Waals surface area contributed by atoms with E-state index in [9.17, 15) is 9.59 Å². The molecular formula is C11H13N3O3. The smallest absolute Gasteiger partial charge is 0.322 e. The van der Waals surface area contributed by atoms with Crippen LogP contribution >= 0.6 is 0 Å². The molecule has 1 aromatic rings. The largest absolute Gasteiger partial charge is 0.480 e. The Morgan fingerprint density at radius 3 is 3.06 bits per heavy atom. The Morgan fingerprint density at radius 2 is 2.41 bits per heavy atom. The maximum Gasteiger partial charge on any atom is 0.322 e. The van der Waals surface area contributed by atoms with Crippen molar-refractivity contribution in [1.82, 2.24) is 15.2 Å². The van der Waals surface area contributed by atoms with Crippen molar-refractivity contribution in [2.45, 2.75) is 12.6 Å². The average Bonchev–Trinajstić information content (AvgIpc) is 2.33. The molecule has 0 aromatic carbocycles. The summed E-state index contributed by atoms with van der Waals surface area (Å²) in [7, 11) is 0. The number of carboxylic acid groups (broad SMARTS) is 1. The zero-order valence-corrected chi connectivity index (χ0v) is 9.17. The number of amides is 1. The Labute approximate surface area is 98.3 Å². The average molecular weight is 235 g/mol. The molecule has 2 heterocycles. The fraction of sp³-hybridized carbons (Fsp3) is 0.364. The molecule has 0 spiro atoms. The fourth-order valence-corrected chi connectivity index (χ4v) is 1.71. The summed E-state index contributed by atoms with van der Waals surface area (Å²) in [6, 6.07) is 4.74. The molecule has 1 aliphatic heterocycles. The molecule has 1 aromatic heterocycles. The van der Waals surface area contributed by atoms with E-state index in [1.165, 1.54) is 4.90 Å². The minimum absolute atomic E-state index is 0.0593. The van der Waals surface area contributed by atoms with Crippen LogP contribution in [0, 0.1) is 0 Å². The first-order chi connectivity index (χ1) is 8.16. The molecule has 2 rings (SSSR count). The van der Waals surface area contributed by atoms with E-state index in [-0.39, 0.29) is 19.0 Å². The first kappa shape index (κ1) is 11.5. The second kappa shape index (κ2) is 4.92. The van der Waals surface area contributed by atoms with Crippen molar-refractivity contribution in [1.29, 1.82) is 0 Å². The quantitative estimate of drug-likeness (QED) is 0.735. The molecule has 2 N–H and O–H groups in total. The van der Waals surface area contributed by atoms with Crippen molar-refractivity contribution in [3.05, 3.63) is 30.1 Å². The number of aromatic nitrogens is 1. The summed E-state index contributed by atoms with van der Waals surface area (Å²) < 4.78 is 0. The van der Waals surface area contributed by atoms with Gasteiger partial charge in [0.25, 0.3) is 0 Å². The van der Waals surface area contributed by atoms with E-state index >= 15 is 0 Å². The number of carboxylic acids is 1. The third-order valence-corrected chi connectivity index (χ3v) is 2.63. The van der Waals surface area contributed by atoms with Crippen LogP contribution in [0.3, 0.4) is 0 Å². The second-order valence-electron chi connectivity index (χ2n) is 3.87. The molecule has 1 amide bonds. The van der Waals surface area contributed by atoms with Crippen molar-refractivity contribution in [2.75, 3.05) is 13.1 Å². The molecule has 90 valence electrons. The monoisotopic (exact) mass is 235 g/mol. The lowest BCUT2D eigenvalue weighted by Crippen LogP contribution is -2.56. The third kappa shape index (κ3) is 2.79. The van der Waals surface area contributed by atoms with Crippen LogP contribution < -0.4 is 5.32 Å². The Balaban J connectivity index is 2.04. The van der Waals surface area contributed by atoms with Crippen LogP contribution in [0.1, 0.15) is 5.69 Å². The Kier molecular flexibility index (Phi) is 3.34. The van der Waals surface area contributed by atoms with Crippen LogP contribution in [-0.4, -0.2) is 46.0 Å². The van der Waals surface area contributed by atoms with Gasteiger partial charge in [0.15, 0.2) is 0 Å². The highest BCUT2D eigenvalue weighted by atomic mass is 16.4. The van der Waals surface area contributed by atoms with E-state index < -0.39 is 12.0 Å². The number of nitrogens with zero attached hydrogens (tertiary/aromatic N) is 2. The van der Waals surface area contributed by atoms with Crippen molar-refractivity contribution in [3.63, 3.8) is 0 Å². The van der Waals surface area contributed by atoms with Crippen molar-refractivity contribution in [2.24, 2.45) is 0 Å². The van der Waals surface area contributed by atoms with Crippen LogP contribution in [0.25, 0.3) is 0 Å². The Hall–Kier alpha value is -1.95. The summed E-state index contributed by atoms with van der Waals surface area (Å²) in [4.78, 5) is 28.1. The number of carbonyl (C=O) groups is 2. The molecule has 17 heavy (non-hydrogen) atoms. The zero-order chi connectivity index (χ0) is 12.3.